The Morgan fingerprint density at radius 3 is 2.22 bits per heavy atom. The minimum Gasteiger partial charge on any atom is -0.398 e. The van der Waals surface area contributed by atoms with E-state index in [-0.39, 0.29) is 0 Å². The molecule has 5 aromatic carbocycles. The Balaban J connectivity index is 1.51. The fourth-order valence-corrected chi connectivity index (χ4v) is 6.77. The van der Waals surface area contributed by atoms with Crippen LogP contribution in [0.3, 0.4) is 0 Å². The lowest BCUT2D eigenvalue weighted by atomic mass is 9.85. The van der Waals surface area contributed by atoms with Crippen LogP contribution < -0.4 is 5.73 Å². The second-order valence-electron chi connectivity index (χ2n) is 12.2. The van der Waals surface area contributed by atoms with Gasteiger partial charge in [0.15, 0.2) is 0 Å². The first-order valence-electron chi connectivity index (χ1n) is 17.0. The number of benzene rings is 5. The summed E-state index contributed by atoms with van der Waals surface area (Å²) in [7, 11) is 0. The third kappa shape index (κ3) is 7.17. The summed E-state index contributed by atoms with van der Waals surface area (Å²) in [5.74, 6) is 0. The highest BCUT2D eigenvalue weighted by Crippen LogP contribution is 2.38. The Morgan fingerprint density at radius 2 is 1.45 bits per heavy atom. The van der Waals surface area contributed by atoms with E-state index < -0.39 is 0 Å². The zero-order chi connectivity index (χ0) is 34.2. The zero-order valence-corrected chi connectivity index (χ0v) is 28.5. The lowest BCUT2D eigenvalue weighted by Gasteiger charge is -2.20. The maximum absolute atomic E-state index is 6.56. The van der Waals surface area contributed by atoms with Crippen molar-refractivity contribution in [3.05, 3.63) is 204 Å². The molecule has 49 heavy (non-hydrogen) atoms. The smallest absolute Gasteiger partial charge is 0.0387 e. The van der Waals surface area contributed by atoms with Crippen LogP contribution in [0, 0.1) is 0 Å². The van der Waals surface area contributed by atoms with Crippen LogP contribution in [-0.2, 0) is 0 Å². The molecule has 1 nitrogen and oxygen atoms in total. The van der Waals surface area contributed by atoms with Gasteiger partial charge in [-0.05, 0) is 146 Å². The second-order valence-corrected chi connectivity index (χ2v) is 12.2. The maximum Gasteiger partial charge on any atom is 0.0387 e. The number of rotatable bonds is 10. The quantitative estimate of drug-likeness (QED) is 0.0924. The first-order valence-corrected chi connectivity index (χ1v) is 17.0. The molecular formula is C48H43N. The maximum atomic E-state index is 6.56. The van der Waals surface area contributed by atoms with Crippen molar-refractivity contribution in [1.29, 1.82) is 0 Å². The summed E-state index contributed by atoms with van der Waals surface area (Å²) in [6.07, 6.45) is 24.8. The van der Waals surface area contributed by atoms with E-state index in [1.807, 2.05) is 12.2 Å². The first-order chi connectivity index (χ1) is 24.0. The highest BCUT2D eigenvalue weighted by molar-refractivity contribution is 6.12. The van der Waals surface area contributed by atoms with Crippen LogP contribution >= 0.6 is 0 Å². The topological polar surface area (TPSA) is 26.0 Å². The molecule has 1 aliphatic rings. The normalized spacial score (nSPS) is 14.4. The Morgan fingerprint density at radius 1 is 0.694 bits per heavy atom. The minimum absolute atomic E-state index is 0.694. The summed E-state index contributed by atoms with van der Waals surface area (Å²) in [5, 5.41) is 5.05. The van der Waals surface area contributed by atoms with Gasteiger partial charge in [0.25, 0.3) is 0 Å². The number of allylic oxidation sites excluding steroid dienone is 14. The van der Waals surface area contributed by atoms with Crippen LogP contribution in [0.4, 0.5) is 0 Å². The summed E-state index contributed by atoms with van der Waals surface area (Å²) >= 11 is 0. The first kappa shape index (κ1) is 33.0. The van der Waals surface area contributed by atoms with Gasteiger partial charge in [-0.15, -0.1) is 0 Å². The van der Waals surface area contributed by atoms with Gasteiger partial charge >= 0.3 is 0 Å². The number of nitrogens with two attached hydrogens (primary N) is 1. The highest BCUT2D eigenvalue weighted by atomic mass is 14.6. The van der Waals surface area contributed by atoms with Crippen LogP contribution in [0.15, 0.2) is 171 Å². The van der Waals surface area contributed by atoms with E-state index in [1.165, 1.54) is 60.5 Å². The standard InChI is InChI=1S/C48H43N/c1-5-9-19-34(8-4)39-31-41(33-42(32-39)48(49)18-7-3)45-25-13-12-23-43(45)38-22-16-21-36(28-38)35(17-6-2)29-40-30-37-20-10-11-24-44(37)47-27-15-14-26-46(40)47/h5-12,14-24,26-33H,1,3,13,25,49H2,2,4H3/b17-6-,19-9-,34-8+,35-29+,48-18-. The van der Waals surface area contributed by atoms with E-state index in [9.17, 15) is 0 Å². The molecule has 0 spiro atoms. The predicted molar refractivity (Wildman–Crippen MR) is 218 cm³/mol. The van der Waals surface area contributed by atoms with Crippen LogP contribution in [0.25, 0.3) is 55.6 Å². The van der Waals surface area contributed by atoms with Crippen molar-refractivity contribution in [3.63, 3.8) is 0 Å². The van der Waals surface area contributed by atoms with E-state index in [1.54, 1.807) is 12.2 Å². The van der Waals surface area contributed by atoms with Crippen molar-refractivity contribution < 1.29 is 0 Å². The Labute approximate surface area is 291 Å². The molecule has 0 atom stereocenters. The molecule has 0 heterocycles. The fraction of sp³-hybridized carbons (Fsp3) is 0.0833. The van der Waals surface area contributed by atoms with Crippen LogP contribution in [-0.4, -0.2) is 0 Å². The van der Waals surface area contributed by atoms with Gasteiger partial charge in [0, 0.05) is 5.70 Å². The molecule has 0 aliphatic heterocycles. The molecule has 0 aromatic heterocycles. The molecule has 2 N–H and O–H groups in total. The van der Waals surface area contributed by atoms with Gasteiger partial charge in [-0.3, -0.25) is 0 Å². The molecule has 0 saturated carbocycles. The molecule has 0 amide bonds. The molecule has 0 bridgehead atoms. The van der Waals surface area contributed by atoms with Gasteiger partial charge in [0.2, 0.25) is 0 Å². The van der Waals surface area contributed by atoms with Gasteiger partial charge in [0.1, 0.15) is 0 Å². The molecule has 6 rings (SSSR count). The van der Waals surface area contributed by atoms with Crippen molar-refractivity contribution in [2.75, 3.05) is 0 Å². The third-order valence-electron chi connectivity index (χ3n) is 9.10. The van der Waals surface area contributed by atoms with E-state index in [0.29, 0.717) is 5.70 Å². The van der Waals surface area contributed by atoms with Crippen molar-refractivity contribution in [3.8, 4) is 0 Å². The van der Waals surface area contributed by atoms with E-state index in [2.05, 4.69) is 167 Å². The molecule has 0 fully saturated rings. The van der Waals surface area contributed by atoms with Crippen molar-refractivity contribution in [2.24, 2.45) is 5.73 Å². The summed E-state index contributed by atoms with van der Waals surface area (Å²) in [5.41, 5.74) is 19.0. The lowest BCUT2D eigenvalue weighted by Crippen LogP contribution is -2.01. The molecule has 0 radical (unpaired) electrons. The second kappa shape index (κ2) is 15.3. The average molecular weight is 634 g/mol. The Hall–Kier alpha value is -5.92. The summed E-state index contributed by atoms with van der Waals surface area (Å²) in [6.45, 7) is 11.9. The number of hydrogen-bond acceptors (Lipinski definition) is 1. The van der Waals surface area contributed by atoms with Gasteiger partial charge in [0.05, 0.1) is 0 Å². The van der Waals surface area contributed by atoms with Gasteiger partial charge in [-0.25, -0.2) is 0 Å². The van der Waals surface area contributed by atoms with Gasteiger partial charge in [-0.2, -0.15) is 0 Å². The molecular weight excluding hydrogens is 591 g/mol. The molecule has 240 valence electrons. The number of fused-ring (bicyclic) bond motifs is 3. The summed E-state index contributed by atoms with van der Waals surface area (Å²) in [6, 6.07) is 35.3. The van der Waals surface area contributed by atoms with Crippen molar-refractivity contribution in [2.45, 2.75) is 26.7 Å². The Kier molecular flexibility index (Phi) is 10.3. The monoisotopic (exact) mass is 633 g/mol. The number of hydrogen-bond donors (Lipinski definition) is 1. The van der Waals surface area contributed by atoms with E-state index in [0.717, 1.165) is 29.5 Å². The lowest BCUT2D eigenvalue weighted by molar-refractivity contribution is 1.06. The zero-order valence-electron chi connectivity index (χ0n) is 28.5. The predicted octanol–water partition coefficient (Wildman–Crippen LogP) is 13.0. The van der Waals surface area contributed by atoms with Crippen LogP contribution in [0.1, 0.15) is 60.1 Å². The van der Waals surface area contributed by atoms with E-state index in [4.69, 9.17) is 5.73 Å². The highest BCUT2D eigenvalue weighted by Gasteiger charge is 2.16. The average Bonchev–Trinajstić information content (AvgIpc) is 3.15. The van der Waals surface area contributed by atoms with Crippen molar-refractivity contribution in [1.82, 2.24) is 0 Å². The summed E-state index contributed by atoms with van der Waals surface area (Å²) < 4.78 is 0. The van der Waals surface area contributed by atoms with E-state index >= 15 is 0 Å². The molecule has 0 saturated heterocycles. The molecule has 1 aliphatic carbocycles. The van der Waals surface area contributed by atoms with Crippen molar-refractivity contribution >= 4 is 55.6 Å². The Bertz CT molecular complexity index is 2280. The SMILES string of the molecule is C=C/C=C\C(=C/C)c1cc(C2=C(c3cccc(C(/C=C\C)=C/c4cc5ccccc5c5ccccc45)c3)C=CCC2)cc(/C(N)=C/C=C)c1. The van der Waals surface area contributed by atoms with Gasteiger partial charge in [-0.1, -0.05) is 135 Å². The largest absolute Gasteiger partial charge is 0.398 e. The molecule has 1 heteroatoms. The fourth-order valence-electron chi connectivity index (χ4n) is 6.77. The van der Waals surface area contributed by atoms with Crippen LogP contribution in [0.5, 0.6) is 0 Å². The third-order valence-corrected chi connectivity index (χ3v) is 9.10. The summed E-state index contributed by atoms with van der Waals surface area (Å²) in [4.78, 5) is 0. The molecule has 0 unspecified atom stereocenters. The minimum atomic E-state index is 0.694. The van der Waals surface area contributed by atoms with Crippen LogP contribution in [0.2, 0.25) is 0 Å². The molecule has 5 aromatic rings. The van der Waals surface area contributed by atoms with Gasteiger partial charge < -0.3 is 5.73 Å².